The van der Waals surface area contributed by atoms with E-state index in [1.54, 1.807) is 0 Å². The molecule has 1 atom stereocenters. The van der Waals surface area contributed by atoms with Crippen LogP contribution in [0, 0.1) is 0 Å². The Morgan fingerprint density at radius 3 is 2.83 bits per heavy atom. The minimum atomic E-state index is 0.339. The smallest absolute Gasteiger partial charge is 0.109 e. The maximum atomic E-state index is 5.47. The van der Waals surface area contributed by atoms with Gasteiger partial charge in [0.15, 0.2) is 0 Å². The van der Waals surface area contributed by atoms with Crippen molar-refractivity contribution >= 4 is 0 Å². The van der Waals surface area contributed by atoms with Gasteiger partial charge < -0.3 is 9.64 Å². The summed E-state index contributed by atoms with van der Waals surface area (Å²) in [7, 11) is 0. The zero-order chi connectivity index (χ0) is 8.23. The lowest BCUT2D eigenvalue weighted by molar-refractivity contribution is 0.0853. The van der Waals surface area contributed by atoms with E-state index in [0.29, 0.717) is 6.23 Å². The van der Waals surface area contributed by atoms with Gasteiger partial charge in [-0.2, -0.15) is 0 Å². The molecule has 1 unspecified atom stereocenters. The molecule has 0 radical (unpaired) electrons. The molecular weight excluding hydrogens is 152 g/mol. The van der Waals surface area contributed by atoms with E-state index in [9.17, 15) is 0 Å². The number of hydrogen-bond acceptors (Lipinski definition) is 3. The fourth-order valence-electron chi connectivity index (χ4n) is 1.97. The first-order valence-electron chi connectivity index (χ1n) is 5.02. The van der Waals surface area contributed by atoms with Gasteiger partial charge in [0.25, 0.3) is 0 Å². The number of ether oxygens (including phenoxy) is 1. The highest BCUT2D eigenvalue weighted by Crippen LogP contribution is 2.09. The van der Waals surface area contributed by atoms with Gasteiger partial charge in [-0.3, -0.25) is 5.32 Å². The molecule has 2 rings (SSSR count). The van der Waals surface area contributed by atoms with E-state index in [1.165, 1.54) is 32.5 Å². The fourth-order valence-corrected chi connectivity index (χ4v) is 1.97. The molecule has 0 amide bonds. The normalized spacial score (nSPS) is 31.5. The molecule has 0 aromatic heterocycles. The van der Waals surface area contributed by atoms with Gasteiger partial charge in [0.05, 0.1) is 6.61 Å². The molecule has 2 heterocycles. The minimum Gasteiger partial charge on any atom is -0.362 e. The summed E-state index contributed by atoms with van der Waals surface area (Å²) in [6.45, 7) is 5.73. The van der Waals surface area contributed by atoms with Gasteiger partial charge in [0.2, 0.25) is 0 Å². The second kappa shape index (κ2) is 4.21. The van der Waals surface area contributed by atoms with Crippen molar-refractivity contribution in [1.29, 1.82) is 0 Å². The first kappa shape index (κ1) is 8.48. The highest BCUT2D eigenvalue weighted by atomic mass is 16.5. The van der Waals surface area contributed by atoms with Crippen LogP contribution in [-0.2, 0) is 4.74 Å². The van der Waals surface area contributed by atoms with Crippen molar-refractivity contribution in [3.05, 3.63) is 0 Å². The van der Waals surface area contributed by atoms with Crippen molar-refractivity contribution in [3.8, 4) is 0 Å². The highest BCUT2D eigenvalue weighted by molar-refractivity contribution is 4.69. The van der Waals surface area contributed by atoms with Gasteiger partial charge in [0, 0.05) is 13.1 Å². The largest absolute Gasteiger partial charge is 0.362 e. The van der Waals surface area contributed by atoms with Crippen LogP contribution in [0.25, 0.3) is 0 Å². The molecule has 0 aliphatic carbocycles. The SMILES string of the molecule is C1CCN(CCC2NCCO2)C1. The summed E-state index contributed by atoms with van der Waals surface area (Å²) in [5.41, 5.74) is 0. The van der Waals surface area contributed by atoms with Crippen molar-refractivity contribution in [2.24, 2.45) is 0 Å². The average molecular weight is 170 g/mol. The van der Waals surface area contributed by atoms with E-state index in [0.717, 1.165) is 19.6 Å². The zero-order valence-corrected chi connectivity index (χ0v) is 7.59. The maximum absolute atomic E-state index is 5.47. The second-order valence-electron chi connectivity index (χ2n) is 3.65. The van der Waals surface area contributed by atoms with E-state index < -0.39 is 0 Å². The topological polar surface area (TPSA) is 24.5 Å². The third kappa shape index (κ3) is 2.19. The summed E-state index contributed by atoms with van der Waals surface area (Å²) in [5, 5.41) is 3.33. The maximum Gasteiger partial charge on any atom is 0.109 e. The molecule has 0 spiro atoms. The molecule has 0 saturated carbocycles. The summed E-state index contributed by atoms with van der Waals surface area (Å²) in [5.74, 6) is 0. The van der Waals surface area contributed by atoms with Crippen LogP contribution < -0.4 is 5.32 Å². The van der Waals surface area contributed by atoms with Gasteiger partial charge in [-0.1, -0.05) is 0 Å². The van der Waals surface area contributed by atoms with Gasteiger partial charge in [-0.15, -0.1) is 0 Å². The molecule has 2 aliphatic rings. The Balaban J connectivity index is 1.60. The van der Waals surface area contributed by atoms with Gasteiger partial charge >= 0.3 is 0 Å². The molecule has 2 aliphatic heterocycles. The average Bonchev–Trinajstić information content (AvgIpc) is 2.74. The van der Waals surface area contributed by atoms with Crippen molar-refractivity contribution in [3.63, 3.8) is 0 Å². The molecule has 3 heteroatoms. The van der Waals surface area contributed by atoms with Crippen LogP contribution in [0.2, 0.25) is 0 Å². The van der Waals surface area contributed by atoms with Crippen molar-refractivity contribution in [1.82, 2.24) is 10.2 Å². The van der Waals surface area contributed by atoms with Crippen molar-refractivity contribution < 1.29 is 4.74 Å². The van der Waals surface area contributed by atoms with E-state index in [4.69, 9.17) is 4.74 Å². The molecule has 2 fully saturated rings. The number of rotatable bonds is 3. The van der Waals surface area contributed by atoms with E-state index in [2.05, 4.69) is 10.2 Å². The van der Waals surface area contributed by atoms with E-state index in [1.807, 2.05) is 0 Å². The molecule has 0 bridgehead atoms. The quantitative estimate of drug-likeness (QED) is 0.664. The lowest BCUT2D eigenvalue weighted by atomic mass is 10.3. The predicted octanol–water partition coefficient (Wildman–Crippen LogP) is 0.418. The number of hydrogen-bond donors (Lipinski definition) is 1. The second-order valence-corrected chi connectivity index (χ2v) is 3.65. The van der Waals surface area contributed by atoms with Crippen LogP contribution in [0.5, 0.6) is 0 Å². The van der Waals surface area contributed by atoms with Crippen LogP contribution in [0.15, 0.2) is 0 Å². The molecular formula is C9H18N2O. The standard InChI is InChI=1S/C9H18N2O/c1-2-6-11(5-1)7-3-9-10-4-8-12-9/h9-10H,1-8H2. The third-order valence-electron chi connectivity index (χ3n) is 2.70. The predicted molar refractivity (Wildman–Crippen MR) is 48.0 cm³/mol. The molecule has 0 aromatic carbocycles. The summed E-state index contributed by atoms with van der Waals surface area (Å²) >= 11 is 0. The number of nitrogens with one attached hydrogen (secondary N) is 1. The monoisotopic (exact) mass is 170 g/mol. The van der Waals surface area contributed by atoms with E-state index >= 15 is 0 Å². The van der Waals surface area contributed by atoms with Crippen LogP contribution in [0.3, 0.4) is 0 Å². The number of nitrogens with zero attached hydrogens (tertiary/aromatic N) is 1. The molecule has 2 saturated heterocycles. The van der Waals surface area contributed by atoms with Gasteiger partial charge in [0.1, 0.15) is 6.23 Å². The zero-order valence-electron chi connectivity index (χ0n) is 7.59. The van der Waals surface area contributed by atoms with Crippen molar-refractivity contribution in [2.45, 2.75) is 25.5 Å². The Morgan fingerprint density at radius 2 is 2.17 bits per heavy atom. The highest BCUT2D eigenvalue weighted by Gasteiger charge is 2.17. The summed E-state index contributed by atoms with van der Waals surface area (Å²) < 4.78 is 5.47. The molecule has 0 aromatic rings. The number of likely N-dealkylation sites (tertiary alicyclic amines) is 1. The Hall–Kier alpha value is -0.120. The first-order chi connectivity index (χ1) is 5.95. The van der Waals surface area contributed by atoms with Crippen molar-refractivity contribution in [2.75, 3.05) is 32.8 Å². The molecule has 1 N–H and O–H groups in total. The third-order valence-corrected chi connectivity index (χ3v) is 2.70. The molecule has 3 nitrogen and oxygen atoms in total. The van der Waals surface area contributed by atoms with Crippen LogP contribution in [0.1, 0.15) is 19.3 Å². The summed E-state index contributed by atoms with van der Waals surface area (Å²) in [4.78, 5) is 2.53. The molecule has 12 heavy (non-hydrogen) atoms. The fraction of sp³-hybridized carbons (Fsp3) is 1.00. The van der Waals surface area contributed by atoms with Crippen LogP contribution in [0.4, 0.5) is 0 Å². The Bertz CT molecular complexity index is 112. The first-order valence-corrected chi connectivity index (χ1v) is 5.02. The minimum absolute atomic E-state index is 0.339. The van der Waals surface area contributed by atoms with Gasteiger partial charge in [-0.25, -0.2) is 0 Å². The summed E-state index contributed by atoms with van der Waals surface area (Å²) in [6.07, 6.45) is 4.27. The Labute approximate surface area is 74.1 Å². The Morgan fingerprint density at radius 1 is 1.33 bits per heavy atom. The summed E-state index contributed by atoms with van der Waals surface area (Å²) in [6, 6.07) is 0. The van der Waals surface area contributed by atoms with E-state index in [-0.39, 0.29) is 0 Å². The molecule has 70 valence electrons. The van der Waals surface area contributed by atoms with Crippen LogP contribution >= 0.6 is 0 Å². The lowest BCUT2D eigenvalue weighted by Crippen LogP contribution is -2.29. The van der Waals surface area contributed by atoms with Crippen LogP contribution in [-0.4, -0.2) is 43.9 Å². The Kier molecular flexibility index (Phi) is 2.98. The van der Waals surface area contributed by atoms with Gasteiger partial charge in [-0.05, 0) is 32.4 Å². The lowest BCUT2D eigenvalue weighted by Gasteiger charge is -2.17.